The molecule has 2 heterocycles. The van der Waals surface area contributed by atoms with Crippen LogP contribution in [-0.4, -0.2) is 30.9 Å². The number of rotatable bonds is 4. The first-order valence-corrected chi connectivity index (χ1v) is 11.0. The molecule has 0 spiro atoms. The van der Waals surface area contributed by atoms with Crippen molar-refractivity contribution in [3.63, 3.8) is 0 Å². The van der Waals surface area contributed by atoms with E-state index in [-0.39, 0.29) is 23.5 Å². The van der Waals surface area contributed by atoms with Crippen molar-refractivity contribution in [1.82, 2.24) is 10.2 Å². The Labute approximate surface area is 186 Å². The molecule has 3 nitrogen and oxygen atoms in total. The van der Waals surface area contributed by atoms with Gasteiger partial charge in [0.15, 0.2) is 0 Å². The monoisotopic (exact) mass is 478 g/mol. The second-order valence-electron chi connectivity index (χ2n) is 8.14. The number of benzene rings is 1. The molecule has 2 aromatic rings. The van der Waals surface area contributed by atoms with E-state index in [2.05, 4.69) is 5.32 Å². The highest BCUT2D eigenvalue weighted by Crippen LogP contribution is 2.40. The summed E-state index contributed by atoms with van der Waals surface area (Å²) in [5.41, 5.74) is -1.92. The SMILES string of the molecule is Cc1ccsc1C1CNCC[C@@H]1C(=O)N(C)[C@@H](C)c1cc(C(F)(F)F)cc(C(F)(F)F)c1. The van der Waals surface area contributed by atoms with Gasteiger partial charge in [0.25, 0.3) is 0 Å². The molecule has 1 aromatic heterocycles. The van der Waals surface area contributed by atoms with Crippen molar-refractivity contribution in [2.45, 2.75) is 44.6 Å². The van der Waals surface area contributed by atoms with Crippen LogP contribution in [0.1, 0.15) is 52.4 Å². The van der Waals surface area contributed by atoms with Crippen LogP contribution in [0.15, 0.2) is 29.6 Å². The molecule has 10 heteroatoms. The molecular weight excluding hydrogens is 454 g/mol. The van der Waals surface area contributed by atoms with E-state index in [4.69, 9.17) is 0 Å². The van der Waals surface area contributed by atoms with Crippen LogP contribution < -0.4 is 5.32 Å². The fourth-order valence-corrected chi connectivity index (χ4v) is 5.19. The third kappa shape index (κ3) is 5.11. The van der Waals surface area contributed by atoms with Crippen molar-refractivity contribution >= 4 is 17.2 Å². The molecule has 1 aromatic carbocycles. The average Bonchev–Trinajstić information content (AvgIpc) is 3.16. The van der Waals surface area contributed by atoms with Crippen molar-refractivity contribution < 1.29 is 31.1 Å². The molecule has 176 valence electrons. The maximum atomic E-state index is 13.4. The Morgan fingerprint density at radius 3 is 2.22 bits per heavy atom. The minimum absolute atomic E-state index is 0.0977. The van der Waals surface area contributed by atoms with E-state index >= 15 is 0 Å². The summed E-state index contributed by atoms with van der Waals surface area (Å²) in [6.07, 6.45) is -9.33. The zero-order valence-corrected chi connectivity index (χ0v) is 18.6. The normalized spacial score (nSPS) is 20.8. The smallest absolute Gasteiger partial charge is 0.339 e. The van der Waals surface area contributed by atoms with Gasteiger partial charge in [-0.2, -0.15) is 26.3 Å². The molecular formula is C22H24F6N2OS. The van der Waals surface area contributed by atoms with Gasteiger partial charge in [-0.3, -0.25) is 4.79 Å². The third-order valence-electron chi connectivity index (χ3n) is 6.06. The van der Waals surface area contributed by atoms with Crippen LogP contribution in [0.2, 0.25) is 0 Å². The number of halogens is 6. The van der Waals surface area contributed by atoms with E-state index in [9.17, 15) is 31.1 Å². The number of carbonyl (C=O) groups is 1. The van der Waals surface area contributed by atoms with Gasteiger partial charge in [-0.15, -0.1) is 11.3 Å². The van der Waals surface area contributed by atoms with E-state index in [1.807, 2.05) is 18.4 Å². The Kier molecular flexibility index (Phi) is 6.95. The van der Waals surface area contributed by atoms with Gasteiger partial charge in [0.1, 0.15) is 0 Å². The quantitative estimate of drug-likeness (QED) is 0.546. The van der Waals surface area contributed by atoms with Crippen LogP contribution in [-0.2, 0) is 17.1 Å². The van der Waals surface area contributed by atoms with Crippen molar-refractivity contribution in [2.75, 3.05) is 20.1 Å². The summed E-state index contributed by atoms with van der Waals surface area (Å²) in [5, 5.41) is 5.21. The number of aryl methyl sites for hydroxylation is 1. The van der Waals surface area contributed by atoms with E-state index < -0.39 is 35.4 Å². The summed E-state index contributed by atoms with van der Waals surface area (Å²) in [6.45, 7) is 4.60. The molecule has 3 rings (SSSR count). The van der Waals surface area contributed by atoms with Crippen molar-refractivity contribution in [3.05, 3.63) is 56.8 Å². The van der Waals surface area contributed by atoms with Crippen LogP contribution in [0.3, 0.4) is 0 Å². The van der Waals surface area contributed by atoms with Crippen molar-refractivity contribution in [3.8, 4) is 0 Å². The van der Waals surface area contributed by atoms with Crippen LogP contribution in [0, 0.1) is 12.8 Å². The lowest BCUT2D eigenvalue weighted by molar-refractivity contribution is -0.143. The Balaban J connectivity index is 1.92. The molecule has 1 N–H and O–H groups in total. The number of nitrogens with one attached hydrogen (secondary N) is 1. The summed E-state index contributed by atoms with van der Waals surface area (Å²) in [6, 6.07) is 2.47. The molecule has 1 aliphatic rings. The van der Waals surface area contributed by atoms with E-state index in [0.29, 0.717) is 31.6 Å². The zero-order chi connectivity index (χ0) is 23.8. The average molecular weight is 479 g/mol. The lowest BCUT2D eigenvalue weighted by atomic mass is 9.83. The van der Waals surface area contributed by atoms with Gasteiger partial charge < -0.3 is 10.2 Å². The molecule has 0 saturated carbocycles. The second kappa shape index (κ2) is 9.05. The Bertz CT molecular complexity index is 936. The van der Waals surface area contributed by atoms with Crippen molar-refractivity contribution in [2.24, 2.45) is 5.92 Å². The summed E-state index contributed by atoms with van der Waals surface area (Å²) >= 11 is 1.54. The predicted molar refractivity (Wildman–Crippen MR) is 110 cm³/mol. The highest BCUT2D eigenvalue weighted by Gasteiger charge is 2.39. The first-order chi connectivity index (χ1) is 14.8. The lowest BCUT2D eigenvalue weighted by Crippen LogP contribution is -2.44. The molecule has 3 atom stereocenters. The van der Waals surface area contributed by atoms with E-state index in [0.717, 1.165) is 10.4 Å². The number of carbonyl (C=O) groups excluding carboxylic acids is 1. The lowest BCUT2D eigenvalue weighted by Gasteiger charge is -2.36. The van der Waals surface area contributed by atoms with E-state index in [1.54, 1.807) is 11.3 Å². The minimum Gasteiger partial charge on any atom is -0.339 e. The number of piperidine rings is 1. The molecule has 32 heavy (non-hydrogen) atoms. The van der Waals surface area contributed by atoms with Crippen LogP contribution >= 0.6 is 11.3 Å². The maximum Gasteiger partial charge on any atom is 0.416 e. The fraction of sp³-hybridized carbons (Fsp3) is 0.500. The van der Waals surface area contributed by atoms with E-state index in [1.165, 1.54) is 18.9 Å². The standard InChI is InChI=1S/C22H24F6N2OS/c1-12-5-7-32-19(12)18-11-29-6-4-17(18)20(31)30(3)13(2)14-8-15(21(23,24)25)10-16(9-14)22(26,27)28/h5,7-10,13,17-18,29H,4,6,11H2,1-3H3/t13-,17-,18?/m0/s1. The Morgan fingerprint density at radius 1 is 1.12 bits per heavy atom. The van der Waals surface area contributed by atoms with Gasteiger partial charge in [0.2, 0.25) is 5.91 Å². The molecule has 1 saturated heterocycles. The molecule has 1 fully saturated rings. The molecule has 0 bridgehead atoms. The molecule has 1 unspecified atom stereocenters. The van der Waals surface area contributed by atoms with Gasteiger partial charge in [0.05, 0.1) is 17.2 Å². The number of hydrogen-bond acceptors (Lipinski definition) is 3. The van der Waals surface area contributed by atoms with Crippen molar-refractivity contribution in [1.29, 1.82) is 0 Å². The maximum absolute atomic E-state index is 13.4. The summed E-state index contributed by atoms with van der Waals surface area (Å²) in [4.78, 5) is 15.7. The zero-order valence-electron chi connectivity index (χ0n) is 17.8. The number of thiophene rings is 1. The predicted octanol–water partition coefficient (Wildman–Crippen LogP) is 6.01. The number of alkyl halides is 6. The summed E-state index contributed by atoms with van der Waals surface area (Å²) in [5.74, 6) is -0.796. The number of amides is 1. The fourth-order valence-electron chi connectivity index (χ4n) is 4.09. The molecule has 1 aliphatic heterocycles. The van der Waals surface area contributed by atoms with Crippen LogP contribution in [0.4, 0.5) is 26.3 Å². The van der Waals surface area contributed by atoms with Gasteiger partial charge in [0, 0.05) is 30.3 Å². The van der Waals surface area contributed by atoms with Crippen LogP contribution in [0.5, 0.6) is 0 Å². The first-order valence-electron chi connectivity index (χ1n) is 10.1. The summed E-state index contributed by atoms with van der Waals surface area (Å²) in [7, 11) is 1.43. The number of hydrogen-bond donors (Lipinski definition) is 1. The highest BCUT2D eigenvalue weighted by molar-refractivity contribution is 7.10. The minimum atomic E-state index is -4.94. The molecule has 1 amide bonds. The largest absolute Gasteiger partial charge is 0.416 e. The third-order valence-corrected chi connectivity index (χ3v) is 7.21. The molecule has 0 radical (unpaired) electrons. The Hall–Kier alpha value is -2.07. The van der Waals surface area contributed by atoms with Gasteiger partial charge in [-0.1, -0.05) is 0 Å². The Morgan fingerprint density at radius 2 is 1.72 bits per heavy atom. The van der Waals surface area contributed by atoms with Crippen LogP contribution in [0.25, 0.3) is 0 Å². The molecule has 0 aliphatic carbocycles. The number of nitrogens with zero attached hydrogens (tertiary/aromatic N) is 1. The first kappa shape index (κ1) is 24.6. The summed E-state index contributed by atoms with van der Waals surface area (Å²) < 4.78 is 79.5. The topological polar surface area (TPSA) is 32.3 Å². The van der Waals surface area contributed by atoms with Gasteiger partial charge in [-0.05, 0) is 67.6 Å². The van der Waals surface area contributed by atoms with Gasteiger partial charge in [-0.25, -0.2) is 0 Å². The highest BCUT2D eigenvalue weighted by atomic mass is 32.1. The van der Waals surface area contributed by atoms with Gasteiger partial charge >= 0.3 is 12.4 Å². The second-order valence-corrected chi connectivity index (χ2v) is 9.09.